The molecule has 0 aliphatic carbocycles. The van der Waals surface area contributed by atoms with Crippen LogP contribution in [0.15, 0.2) is 60.3 Å². The van der Waals surface area contributed by atoms with Crippen LogP contribution in [-0.2, 0) is 9.59 Å². The lowest BCUT2D eigenvalue weighted by atomic mass is 9.95. The van der Waals surface area contributed by atoms with Crippen LogP contribution in [-0.4, -0.2) is 28.9 Å². The standard InChI is InChI=1S/C27H26N2O4/c1-15-9-10-19(12-16(15)2)29-24(21-8-6-7-11-28-21)23(26(31)27(29)32)25(30)20-13-18(4)22(33-5)14-17(20)3/h6-14,24,30H,1-5H3/b25-23+. The van der Waals surface area contributed by atoms with Gasteiger partial charge in [-0.05, 0) is 86.3 Å². The Kier molecular flexibility index (Phi) is 5.77. The van der Waals surface area contributed by atoms with E-state index in [1.54, 1.807) is 43.6 Å². The number of aryl methyl sites for hydroxylation is 4. The van der Waals surface area contributed by atoms with Gasteiger partial charge in [0.05, 0.1) is 18.4 Å². The normalized spacial score (nSPS) is 17.5. The lowest BCUT2D eigenvalue weighted by Crippen LogP contribution is -2.30. The molecule has 1 aromatic heterocycles. The number of nitrogens with zero attached hydrogens (tertiary/aromatic N) is 2. The maximum atomic E-state index is 13.3. The van der Waals surface area contributed by atoms with Crippen LogP contribution in [0.5, 0.6) is 5.75 Å². The van der Waals surface area contributed by atoms with Crippen molar-refractivity contribution in [2.24, 2.45) is 0 Å². The number of pyridine rings is 1. The van der Waals surface area contributed by atoms with E-state index in [-0.39, 0.29) is 11.3 Å². The molecule has 0 saturated carbocycles. The summed E-state index contributed by atoms with van der Waals surface area (Å²) in [5.74, 6) is -0.980. The zero-order chi connectivity index (χ0) is 23.9. The molecule has 1 atom stereocenters. The van der Waals surface area contributed by atoms with Gasteiger partial charge in [0.25, 0.3) is 11.7 Å². The topological polar surface area (TPSA) is 79.7 Å². The Morgan fingerprint density at radius 3 is 2.33 bits per heavy atom. The summed E-state index contributed by atoms with van der Waals surface area (Å²) in [5, 5.41) is 11.4. The van der Waals surface area contributed by atoms with E-state index in [1.165, 1.54) is 4.90 Å². The van der Waals surface area contributed by atoms with Gasteiger partial charge in [-0.3, -0.25) is 19.5 Å². The summed E-state index contributed by atoms with van der Waals surface area (Å²) < 4.78 is 5.37. The van der Waals surface area contributed by atoms with E-state index in [9.17, 15) is 14.7 Å². The molecule has 1 saturated heterocycles. The van der Waals surface area contributed by atoms with Gasteiger partial charge < -0.3 is 9.84 Å². The van der Waals surface area contributed by atoms with Crippen LogP contribution in [0.1, 0.15) is 39.6 Å². The summed E-state index contributed by atoms with van der Waals surface area (Å²) in [4.78, 5) is 32.4. The Balaban J connectivity index is 1.97. The fourth-order valence-corrected chi connectivity index (χ4v) is 4.20. The minimum Gasteiger partial charge on any atom is -0.507 e. The highest BCUT2D eigenvalue weighted by Crippen LogP contribution is 2.42. The molecule has 6 heteroatoms. The molecule has 6 nitrogen and oxygen atoms in total. The third kappa shape index (κ3) is 3.78. The average molecular weight is 443 g/mol. The minimum atomic E-state index is -0.852. The van der Waals surface area contributed by atoms with Crippen LogP contribution in [0.25, 0.3) is 5.76 Å². The molecule has 2 aromatic carbocycles. The Bertz CT molecular complexity index is 1290. The first-order valence-electron chi connectivity index (χ1n) is 10.7. The number of ether oxygens (including phenoxy) is 1. The van der Waals surface area contributed by atoms with Crippen molar-refractivity contribution in [3.05, 3.63) is 93.8 Å². The van der Waals surface area contributed by atoms with Crippen molar-refractivity contribution in [1.82, 2.24) is 4.98 Å². The predicted molar refractivity (Wildman–Crippen MR) is 127 cm³/mol. The van der Waals surface area contributed by atoms with Gasteiger partial charge in [0, 0.05) is 17.4 Å². The number of hydrogen-bond donors (Lipinski definition) is 1. The van der Waals surface area contributed by atoms with Crippen LogP contribution < -0.4 is 9.64 Å². The Labute approximate surface area is 193 Å². The first-order valence-corrected chi connectivity index (χ1v) is 10.7. The molecule has 0 spiro atoms. The van der Waals surface area contributed by atoms with Crippen molar-refractivity contribution in [3.8, 4) is 5.75 Å². The van der Waals surface area contributed by atoms with Crippen molar-refractivity contribution < 1.29 is 19.4 Å². The Morgan fingerprint density at radius 2 is 1.70 bits per heavy atom. The van der Waals surface area contributed by atoms with E-state index in [4.69, 9.17) is 4.74 Å². The maximum Gasteiger partial charge on any atom is 0.300 e. The first-order chi connectivity index (χ1) is 15.7. The van der Waals surface area contributed by atoms with Crippen LogP contribution in [0.4, 0.5) is 5.69 Å². The van der Waals surface area contributed by atoms with Crippen molar-refractivity contribution in [2.75, 3.05) is 12.0 Å². The number of carbonyl (C=O) groups is 2. The molecule has 0 bridgehead atoms. The van der Waals surface area contributed by atoms with Crippen molar-refractivity contribution in [1.29, 1.82) is 0 Å². The van der Waals surface area contributed by atoms with Crippen molar-refractivity contribution in [3.63, 3.8) is 0 Å². The average Bonchev–Trinajstić information content (AvgIpc) is 3.07. The number of hydrogen-bond acceptors (Lipinski definition) is 5. The first kappa shape index (κ1) is 22.3. The molecular weight excluding hydrogens is 416 g/mol. The lowest BCUT2D eigenvalue weighted by Gasteiger charge is -2.25. The number of amides is 1. The summed E-state index contributed by atoms with van der Waals surface area (Å²) >= 11 is 0. The highest BCUT2D eigenvalue weighted by atomic mass is 16.5. The quantitative estimate of drug-likeness (QED) is 0.351. The highest BCUT2D eigenvalue weighted by molar-refractivity contribution is 6.51. The summed E-state index contributed by atoms with van der Waals surface area (Å²) in [7, 11) is 1.58. The molecule has 1 N–H and O–H groups in total. The fourth-order valence-electron chi connectivity index (χ4n) is 4.20. The number of aliphatic hydroxyl groups excluding tert-OH is 1. The largest absolute Gasteiger partial charge is 0.507 e. The molecule has 33 heavy (non-hydrogen) atoms. The van der Waals surface area contributed by atoms with Gasteiger partial charge in [0.15, 0.2) is 0 Å². The molecule has 1 fully saturated rings. The van der Waals surface area contributed by atoms with Gasteiger partial charge in [-0.1, -0.05) is 12.1 Å². The lowest BCUT2D eigenvalue weighted by molar-refractivity contribution is -0.132. The number of anilines is 1. The van der Waals surface area contributed by atoms with Crippen molar-refractivity contribution >= 4 is 23.1 Å². The Morgan fingerprint density at radius 1 is 0.939 bits per heavy atom. The third-order valence-corrected chi connectivity index (χ3v) is 6.18. The molecule has 3 aromatic rings. The number of Topliss-reactive ketones (excluding diaryl/α,β-unsaturated/α-hetero) is 1. The van der Waals surface area contributed by atoms with Gasteiger partial charge in [0.1, 0.15) is 17.6 Å². The number of ketones is 1. The van der Waals surface area contributed by atoms with E-state index >= 15 is 0 Å². The van der Waals surface area contributed by atoms with Crippen LogP contribution >= 0.6 is 0 Å². The molecule has 1 aliphatic rings. The van der Waals surface area contributed by atoms with Gasteiger partial charge in [0.2, 0.25) is 0 Å². The second kappa shape index (κ2) is 8.54. The molecular formula is C27H26N2O4. The number of aromatic nitrogens is 1. The monoisotopic (exact) mass is 442 g/mol. The molecule has 0 radical (unpaired) electrons. The van der Waals surface area contributed by atoms with E-state index in [2.05, 4.69) is 4.98 Å². The number of aliphatic hydroxyl groups is 1. The summed E-state index contributed by atoms with van der Waals surface area (Å²) in [6.07, 6.45) is 1.61. The summed E-state index contributed by atoms with van der Waals surface area (Å²) in [6.45, 7) is 7.62. The van der Waals surface area contributed by atoms with Crippen LogP contribution in [0.2, 0.25) is 0 Å². The molecule has 1 aliphatic heterocycles. The minimum absolute atomic E-state index is 0.0181. The molecule has 1 amide bonds. The number of methoxy groups -OCH3 is 1. The van der Waals surface area contributed by atoms with Gasteiger partial charge >= 0.3 is 0 Å². The molecule has 4 rings (SSSR count). The fraction of sp³-hybridized carbons (Fsp3) is 0.222. The van der Waals surface area contributed by atoms with E-state index in [0.717, 1.165) is 22.3 Å². The zero-order valence-corrected chi connectivity index (χ0v) is 19.3. The summed E-state index contributed by atoms with van der Waals surface area (Å²) in [6, 6.07) is 13.6. The van der Waals surface area contributed by atoms with Crippen LogP contribution in [0, 0.1) is 27.7 Å². The number of carbonyl (C=O) groups excluding carboxylic acids is 2. The SMILES string of the molecule is COc1cc(C)c(/C(O)=C2\C(=O)C(=O)N(c3ccc(C)c(C)c3)C2c2ccccn2)cc1C. The zero-order valence-electron chi connectivity index (χ0n) is 19.3. The van der Waals surface area contributed by atoms with Crippen molar-refractivity contribution in [2.45, 2.75) is 33.7 Å². The highest BCUT2D eigenvalue weighted by Gasteiger charge is 2.47. The maximum absolute atomic E-state index is 13.3. The van der Waals surface area contributed by atoms with E-state index < -0.39 is 17.7 Å². The molecule has 1 unspecified atom stereocenters. The van der Waals surface area contributed by atoms with E-state index in [1.807, 2.05) is 45.9 Å². The smallest absolute Gasteiger partial charge is 0.300 e. The number of benzene rings is 2. The second-order valence-corrected chi connectivity index (χ2v) is 8.33. The summed E-state index contributed by atoms with van der Waals surface area (Å²) in [5.41, 5.74) is 5.19. The van der Waals surface area contributed by atoms with Gasteiger partial charge in [-0.25, -0.2) is 0 Å². The molecule has 168 valence electrons. The third-order valence-electron chi connectivity index (χ3n) is 6.18. The number of rotatable bonds is 4. The Hall–Kier alpha value is -3.93. The predicted octanol–water partition coefficient (Wildman–Crippen LogP) is 4.95. The van der Waals surface area contributed by atoms with Crippen LogP contribution in [0.3, 0.4) is 0 Å². The molecule has 2 heterocycles. The van der Waals surface area contributed by atoms with E-state index in [0.29, 0.717) is 22.7 Å². The second-order valence-electron chi connectivity index (χ2n) is 8.33. The van der Waals surface area contributed by atoms with Gasteiger partial charge in [-0.2, -0.15) is 0 Å². The van der Waals surface area contributed by atoms with Gasteiger partial charge in [-0.15, -0.1) is 0 Å².